The van der Waals surface area contributed by atoms with Crippen LogP contribution in [0.1, 0.15) is 31.6 Å². The van der Waals surface area contributed by atoms with E-state index in [0.717, 1.165) is 31.2 Å². The van der Waals surface area contributed by atoms with Gasteiger partial charge in [0, 0.05) is 18.7 Å². The lowest BCUT2D eigenvalue weighted by Gasteiger charge is -2.21. The van der Waals surface area contributed by atoms with Gasteiger partial charge in [-0.1, -0.05) is 31.0 Å². The number of methoxy groups -OCH3 is 1. The van der Waals surface area contributed by atoms with Crippen LogP contribution in [-0.2, 0) is 16.6 Å². The highest BCUT2D eigenvalue weighted by Gasteiger charge is 2.26. The van der Waals surface area contributed by atoms with Gasteiger partial charge in [-0.2, -0.15) is 4.31 Å². The number of sulfonamides is 1. The lowest BCUT2D eigenvalue weighted by Crippen LogP contribution is -2.32. The van der Waals surface area contributed by atoms with Gasteiger partial charge in [0.2, 0.25) is 21.8 Å². The fourth-order valence-corrected chi connectivity index (χ4v) is 5.15. The van der Waals surface area contributed by atoms with E-state index in [4.69, 9.17) is 9.15 Å². The first-order valence-corrected chi connectivity index (χ1v) is 11.8. The molecule has 164 valence electrons. The summed E-state index contributed by atoms with van der Waals surface area (Å²) in [5, 5.41) is 11.3. The van der Waals surface area contributed by atoms with Crippen LogP contribution in [-0.4, -0.2) is 43.1 Å². The van der Waals surface area contributed by atoms with E-state index >= 15 is 0 Å². The van der Waals surface area contributed by atoms with Crippen molar-refractivity contribution in [2.24, 2.45) is 0 Å². The van der Waals surface area contributed by atoms with Crippen LogP contribution in [0.15, 0.2) is 57.8 Å². The highest BCUT2D eigenvalue weighted by Crippen LogP contribution is 2.30. The summed E-state index contributed by atoms with van der Waals surface area (Å²) in [6.07, 6.45) is 3.91. The molecule has 8 nitrogen and oxygen atoms in total. The maximum Gasteiger partial charge on any atom is 0.247 e. The molecule has 1 aliphatic heterocycles. The van der Waals surface area contributed by atoms with Gasteiger partial charge in [0.1, 0.15) is 5.75 Å². The van der Waals surface area contributed by atoms with Crippen molar-refractivity contribution in [2.45, 2.75) is 37.1 Å². The summed E-state index contributed by atoms with van der Waals surface area (Å²) in [6, 6.07) is 14.4. The Morgan fingerprint density at radius 1 is 1.03 bits per heavy atom. The predicted molar refractivity (Wildman–Crippen MR) is 117 cm³/mol. The first kappa shape index (κ1) is 21.3. The van der Waals surface area contributed by atoms with Gasteiger partial charge < -0.3 is 14.5 Å². The van der Waals surface area contributed by atoms with E-state index in [1.807, 2.05) is 30.3 Å². The standard InChI is InChI=1S/C22H26N4O4S/c1-29-20-12-11-18(31(27,28)26-13-7-2-3-8-14-26)15-19(20)23-16-21-24-25-22(30-21)17-9-5-4-6-10-17/h4-6,9-12,15,23H,2-3,7-8,13-14,16H2,1H3. The third kappa shape index (κ3) is 4.88. The number of anilines is 1. The quantitative estimate of drug-likeness (QED) is 0.592. The summed E-state index contributed by atoms with van der Waals surface area (Å²) >= 11 is 0. The molecule has 0 radical (unpaired) electrons. The van der Waals surface area contributed by atoms with Gasteiger partial charge in [-0.25, -0.2) is 8.42 Å². The molecule has 0 saturated carbocycles. The molecule has 0 unspecified atom stereocenters. The van der Waals surface area contributed by atoms with Crippen molar-refractivity contribution in [3.05, 3.63) is 54.4 Å². The first-order chi connectivity index (χ1) is 15.1. The Bertz CT molecular complexity index is 1110. The number of aromatic nitrogens is 2. The molecule has 2 heterocycles. The average Bonchev–Trinajstić information content (AvgIpc) is 3.10. The SMILES string of the molecule is COc1ccc(S(=O)(=O)N2CCCCCC2)cc1NCc1nnc(-c2ccccc2)o1. The number of nitrogens with one attached hydrogen (secondary N) is 1. The minimum atomic E-state index is -3.56. The third-order valence-electron chi connectivity index (χ3n) is 5.29. The van der Waals surface area contributed by atoms with E-state index in [1.54, 1.807) is 29.6 Å². The highest BCUT2D eigenvalue weighted by atomic mass is 32.2. The molecular weight excluding hydrogens is 416 g/mol. The summed E-state index contributed by atoms with van der Waals surface area (Å²) in [7, 11) is -2.02. The fraction of sp³-hybridized carbons (Fsp3) is 0.364. The molecule has 3 aromatic rings. The molecule has 9 heteroatoms. The summed E-state index contributed by atoms with van der Waals surface area (Å²) in [6.45, 7) is 1.35. The number of hydrogen-bond acceptors (Lipinski definition) is 7. The lowest BCUT2D eigenvalue weighted by atomic mass is 10.2. The van der Waals surface area contributed by atoms with Gasteiger partial charge in [-0.05, 0) is 43.2 Å². The van der Waals surface area contributed by atoms with Crippen LogP contribution in [0.4, 0.5) is 5.69 Å². The van der Waals surface area contributed by atoms with E-state index in [1.165, 1.54) is 0 Å². The largest absolute Gasteiger partial charge is 0.495 e. The summed E-state index contributed by atoms with van der Waals surface area (Å²) in [5.74, 6) is 1.36. The maximum absolute atomic E-state index is 13.1. The van der Waals surface area contributed by atoms with Crippen LogP contribution < -0.4 is 10.1 Å². The van der Waals surface area contributed by atoms with Gasteiger partial charge in [-0.15, -0.1) is 10.2 Å². The molecule has 1 fully saturated rings. The minimum Gasteiger partial charge on any atom is -0.495 e. The van der Waals surface area contributed by atoms with Crippen LogP contribution in [0.3, 0.4) is 0 Å². The van der Waals surface area contributed by atoms with Crippen molar-refractivity contribution >= 4 is 15.7 Å². The maximum atomic E-state index is 13.1. The van der Waals surface area contributed by atoms with Gasteiger partial charge >= 0.3 is 0 Å². The van der Waals surface area contributed by atoms with Gasteiger partial charge in [0.05, 0.1) is 24.2 Å². The Balaban J connectivity index is 1.52. The Morgan fingerprint density at radius 3 is 2.48 bits per heavy atom. The molecule has 0 amide bonds. The van der Waals surface area contributed by atoms with Crippen molar-refractivity contribution in [2.75, 3.05) is 25.5 Å². The molecule has 2 aromatic carbocycles. The Morgan fingerprint density at radius 2 is 1.77 bits per heavy atom. The summed E-state index contributed by atoms with van der Waals surface area (Å²) in [4.78, 5) is 0.244. The van der Waals surface area contributed by atoms with Gasteiger partial charge in [0.15, 0.2) is 0 Å². The van der Waals surface area contributed by atoms with E-state index < -0.39 is 10.0 Å². The smallest absolute Gasteiger partial charge is 0.247 e. The van der Waals surface area contributed by atoms with Crippen molar-refractivity contribution in [3.8, 4) is 17.2 Å². The highest BCUT2D eigenvalue weighted by molar-refractivity contribution is 7.89. The number of ether oxygens (including phenoxy) is 1. The molecule has 0 atom stereocenters. The Labute approximate surface area is 182 Å². The first-order valence-electron chi connectivity index (χ1n) is 10.4. The van der Waals surface area contributed by atoms with Crippen LogP contribution in [0.2, 0.25) is 0 Å². The summed E-state index contributed by atoms with van der Waals surface area (Å²) in [5.41, 5.74) is 1.39. The van der Waals surface area contributed by atoms with Crippen LogP contribution in [0.5, 0.6) is 5.75 Å². The number of benzene rings is 2. The van der Waals surface area contributed by atoms with Crippen LogP contribution in [0.25, 0.3) is 11.5 Å². The zero-order valence-electron chi connectivity index (χ0n) is 17.5. The average molecular weight is 443 g/mol. The molecule has 0 bridgehead atoms. The van der Waals surface area contributed by atoms with Crippen molar-refractivity contribution < 1.29 is 17.6 Å². The second-order valence-electron chi connectivity index (χ2n) is 7.40. The number of rotatable bonds is 7. The van der Waals surface area contributed by atoms with Crippen molar-refractivity contribution in [1.82, 2.24) is 14.5 Å². The molecule has 1 N–H and O–H groups in total. The molecular formula is C22H26N4O4S. The predicted octanol–water partition coefficient (Wildman–Crippen LogP) is 3.92. The van der Waals surface area contributed by atoms with Crippen LogP contribution >= 0.6 is 0 Å². The molecule has 1 saturated heterocycles. The topological polar surface area (TPSA) is 97.6 Å². The molecule has 1 aliphatic rings. The van der Waals surface area contributed by atoms with E-state index in [0.29, 0.717) is 36.3 Å². The molecule has 31 heavy (non-hydrogen) atoms. The zero-order valence-corrected chi connectivity index (χ0v) is 18.3. The van der Waals surface area contributed by atoms with E-state index in [2.05, 4.69) is 15.5 Å². The lowest BCUT2D eigenvalue weighted by molar-refractivity contribution is 0.414. The second kappa shape index (κ2) is 9.49. The Kier molecular flexibility index (Phi) is 6.53. The molecule has 0 spiro atoms. The molecule has 1 aromatic heterocycles. The molecule has 0 aliphatic carbocycles. The fourth-order valence-electron chi connectivity index (χ4n) is 3.61. The number of hydrogen-bond donors (Lipinski definition) is 1. The van der Waals surface area contributed by atoms with Crippen molar-refractivity contribution in [3.63, 3.8) is 0 Å². The zero-order chi connectivity index (χ0) is 21.7. The van der Waals surface area contributed by atoms with Gasteiger partial charge in [0.25, 0.3) is 0 Å². The monoisotopic (exact) mass is 442 g/mol. The van der Waals surface area contributed by atoms with Gasteiger partial charge in [-0.3, -0.25) is 0 Å². The van der Waals surface area contributed by atoms with E-state index in [9.17, 15) is 8.42 Å². The number of nitrogens with zero attached hydrogens (tertiary/aromatic N) is 3. The normalized spacial score (nSPS) is 15.4. The minimum absolute atomic E-state index is 0.239. The van der Waals surface area contributed by atoms with E-state index in [-0.39, 0.29) is 11.4 Å². The van der Waals surface area contributed by atoms with Crippen molar-refractivity contribution in [1.29, 1.82) is 0 Å². The van der Waals surface area contributed by atoms with Crippen LogP contribution in [0, 0.1) is 0 Å². The summed E-state index contributed by atoms with van der Waals surface area (Å²) < 4.78 is 39.0. The second-order valence-corrected chi connectivity index (χ2v) is 9.34. The molecule has 4 rings (SSSR count). The third-order valence-corrected chi connectivity index (χ3v) is 7.19. The Hall–Kier alpha value is -2.91.